The minimum atomic E-state index is -0.251. The number of carbonyl (C=O) groups is 2. The van der Waals surface area contributed by atoms with Gasteiger partial charge in [0.2, 0.25) is 5.91 Å². The average Bonchev–Trinajstić information content (AvgIpc) is 3.33. The molecule has 1 amide bonds. The third kappa shape index (κ3) is 5.11. The fraction of sp³-hybridized carbons (Fsp3) is 0.280. The molecular formula is C25H27N5O3. The van der Waals surface area contributed by atoms with E-state index in [0.717, 1.165) is 16.9 Å². The third-order valence-corrected chi connectivity index (χ3v) is 5.92. The predicted octanol–water partition coefficient (Wildman–Crippen LogP) is 4.31. The van der Waals surface area contributed by atoms with Crippen molar-refractivity contribution in [2.75, 3.05) is 23.5 Å². The van der Waals surface area contributed by atoms with Crippen LogP contribution in [0.5, 0.6) is 0 Å². The molecule has 8 nitrogen and oxygen atoms in total. The summed E-state index contributed by atoms with van der Waals surface area (Å²) in [4.78, 5) is 33.5. The molecule has 0 bridgehead atoms. The molecule has 33 heavy (non-hydrogen) atoms. The lowest BCUT2D eigenvalue weighted by Gasteiger charge is -2.14. The van der Waals surface area contributed by atoms with Gasteiger partial charge in [-0.3, -0.25) is 9.59 Å². The van der Waals surface area contributed by atoms with E-state index >= 15 is 0 Å². The number of anilines is 4. The number of aryl methyl sites for hydroxylation is 1. The van der Waals surface area contributed by atoms with Gasteiger partial charge in [-0.25, -0.2) is 9.97 Å². The number of ether oxygens (including phenoxy) is 1. The van der Waals surface area contributed by atoms with Crippen molar-refractivity contribution >= 4 is 34.9 Å². The van der Waals surface area contributed by atoms with Crippen LogP contribution < -0.4 is 16.4 Å². The van der Waals surface area contributed by atoms with Crippen molar-refractivity contribution in [2.24, 2.45) is 11.8 Å². The minimum Gasteiger partial charge on any atom is -0.469 e. The van der Waals surface area contributed by atoms with Crippen LogP contribution in [-0.2, 0) is 14.3 Å². The van der Waals surface area contributed by atoms with Crippen molar-refractivity contribution < 1.29 is 14.3 Å². The van der Waals surface area contributed by atoms with Crippen LogP contribution in [0.15, 0.2) is 54.6 Å². The van der Waals surface area contributed by atoms with Crippen LogP contribution in [0.3, 0.4) is 0 Å². The van der Waals surface area contributed by atoms with Crippen LogP contribution in [-0.4, -0.2) is 29.0 Å². The van der Waals surface area contributed by atoms with E-state index in [2.05, 4.69) is 20.6 Å². The van der Waals surface area contributed by atoms with Gasteiger partial charge in [-0.05, 0) is 50.5 Å². The number of pyridine rings is 2. The number of nitrogens with one attached hydrogen (secondary N) is 2. The molecule has 1 aliphatic carbocycles. The van der Waals surface area contributed by atoms with Gasteiger partial charge in [0.1, 0.15) is 5.82 Å². The van der Waals surface area contributed by atoms with Crippen molar-refractivity contribution in [2.45, 2.75) is 26.2 Å². The molecule has 2 heterocycles. The summed E-state index contributed by atoms with van der Waals surface area (Å²) in [5, 5.41) is 6.11. The number of amides is 1. The molecule has 1 aromatic carbocycles. The molecule has 0 spiro atoms. The zero-order valence-electron chi connectivity index (χ0n) is 18.7. The van der Waals surface area contributed by atoms with Crippen LogP contribution in [0, 0.1) is 18.8 Å². The zero-order chi connectivity index (χ0) is 23.4. The van der Waals surface area contributed by atoms with Gasteiger partial charge >= 0.3 is 5.97 Å². The molecule has 4 rings (SSSR count). The van der Waals surface area contributed by atoms with Crippen LogP contribution in [0.25, 0.3) is 11.3 Å². The zero-order valence-corrected chi connectivity index (χ0v) is 18.7. The lowest BCUT2D eigenvalue weighted by molar-refractivity contribution is -0.145. The Morgan fingerprint density at radius 1 is 1.00 bits per heavy atom. The minimum absolute atomic E-state index is 0.129. The Hall–Kier alpha value is -3.94. The number of carbonyl (C=O) groups excluding carboxylic acids is 2. The van der Waals surface area contributed by atoms with Gasteiger partial charge in [0.25, 0.3) is 0 Å². The quantitative estimate of drug-likeness (QED) is 0.484. The summed E-state index contributed by atoms with van der Waals surface area (Å²) in [6.07, 6.45) is 1.82. The van der Waals surface area contributed by atoms with Crippen LogP contribution in [0.2, 0.25) is 0 Å². The largest absolute Gasteiger partial charge is 0.469 e. The summed E-state index contributed by atoms with van der Waals surface area (Å²) >= 11 is 0. The first-order valence-corrected chi connectivity index (χ1v) is 10.9. The number of hydrogen-bond donors (Lipinski definition) is 3. The van der Waals surface area contributed by atoms with Gasteiger partial charge in [-0.1, -0.05) is 30.3 Å². The number of esters is 1. The normalized spacial score (nSPS) is 17.4. The molecule has 4 N–H and O–H groups in total. The smallest absolute Gasteiger partial charge is 0.308 e. The first-order chi connectivity index (χ1) is 15.9. The molecule has 8 heteroatoms. The SMILES string of the molecule is COC(=O)C1CCC(C(=O)Nc2ccc(Nc3nc(-c4ccccc4)ccc3N)c(C)n2)C1. The molecular weight excluding hydrogens is 418 g/mol. The number of aromatic nitrogens is 2. The highest BCUT2D eigenvalue weighted by atomic mass is 16.5. The van der Waals surface area contributed by atoms with Gasteiger partial charge in [0.15, 0.2) is 5.82 Å². The van der Waals surface area contributed by atoms with Crippen molar-refractivity contribution in [3.63, 3.8) is 0 Å². The summed E-state index contributed by atoms with van der Waals surface area (Å²) in [7, 11) is 1.37. The maximum Gasteiger partial charge on any atom is 0.308 e. The molecule has 1 saturated carbocycles. The summed E-state index contributed by atoms with van der Waals surface area (Å²) in [5.74, 6) is 0.186. The standard InChI is InChI=1S/C25H27N5O3/c1-15-20(28-23-19(26)10-11-21(29-23)16-6-4-3-5-7-16)12-13-22(27-15)30-24(31)17-8-9-18(14-17)25(32)33-2/h3-7,10-13,17-18H,8-9,14,26H2,1-2H3,(H,28,29)(H,27,30,31). The Labute approximate surface area is 192 Å². The molecule has 2 aromatic heterocycles. The van der Waals surface area contributed by atoms with E-state index in [9.17, 15) is 9.59 Å². The molecule has 3 aromatic rings. The molecule has 1 aliphatic rings. The lowest BCUT2D eigenvalue weighted by atomic mass is 10.0. The number of rotatable bonds is 6. The number of benzene rings is 1. The highest BCUT2D eigenvalue weighted by Crippen LogP contribution is 2.33. The highest BCUT2D eigenvalue weighted by Gasteiger charge is 2.34. The molecule has 2 atom stereocenters. The first-order valence-electron chi connectivity index (χ1n) is 10.9. The lowest BCUT2D eigenvalue weighted by Crippen LogP contribution is -2.22. The van der Waals surface area contributed by atoms with E-state index in [1.54, 1.807) is 6.07 Å². The molecule has 170 valence electrons. The number of methoxy groups -OCH3 is 1. The Kier molecular flexibility index (Phi) is 6.53. The fourth-order valence-electron chi connectivity index (χ4n) is 4.06. The molecule has 0 aliphatic heterocycles. The van der Waals surface area contributed by atoms with Crippen molar-refractivity contribution in [3.8, 4) is 11.3 Å². The van der Waals surface area contributed by atoms with Gasteiger partial charge < -0.3 is 21.1 Å². The van der Waals surface area contributed by atoms with Crippen molar-refractivity contribution in [3.05, 3.63) is 60.3 Å². The van der Waals surface area contributed by atoms with Crippen LogP contribution in [0.1, 0.15) is 25.0 Å². The van der Waals surface area contributed by atoms with E-state index in [1.807, 2.05) is 55.5 Å². The van der Waals surface area contributed by atoms with Crippen molar-refractivity contribution in [1.82, 2.24) is 9.97 Å². The number of hydrogen-bond acceptors (Lipinski definition) is 7. The Balaban J connectivity index is 1.44. The predicted molar refractivity (Wildman–Crippen MR) is 128 cm³/mol. The van der Waals surface area contributed by atoms with Gasteiger partial charge in [0.05, 0.1) is 35.8 Å². The second kappa shape index (κ2) is 9.68. The van der Waals surface area contributed by atoms with E-state index in [0.29, 0.717) is 42.3 Å². The fourth-order valence-corrected chi connectivity index (χ4v) is 4.06. The van der Waals surface area contributed by atoms with E-state index < -0.39 is 0 Å². The summed E-state index contributed by atoms with van der Waals surface area (Å²) < 4.78 is 4.80. The molecule has 2 unspecified atom stereocenters. The summed E-state index contributed by atoms with van der Waals surface area (Å²) in [5.41, 5.74) is 9.90. The monoisotopic (exact) mass is 445 g/mol. The van der Waals surface area contributed by atoms with E-state index in [-0.39, 0.29) is 23.7 Å². The summed E-state index contributed by atoms with van der Waals surface area (Å²) in [6, 6.07) is 17.1. The topological polar surface area (TPSA) is 119 Å². The molecule has 0 saturated heterocycles. The first kappa shape index (κ1) is 22.3. The Morgan fingerprint density at radius 2 is 1.76 bits per heavy atom. The van der Waals surface area contributed by atoms with E-state index in [1.165, 1.54) is 7.11 Å². The molecule has 1 fully saturated rings. The van der Waals surface area contributed by atoms with Gasteiger partial charge in [-0.15, -0.1) is 0 Å². The highest BCUT2D eigenvalue weighted by molar-refractivity contribution is 5.92. The third-order valence-electron chi connectivity index (χ3n) is 5.92. The Bertz CT molecular complexity index is 1170. The maximum absolute atomic E-state index is 12.6. The number of nitrogens with zero attached hydrogens (tertiary/aromatic N) is 2. The van der Waals surface area contributed by atoms with Crippen molar-refractivity contribution in [1.29, 1.82) is 0 Å². The molecule has 0 radical (unpaired) electrons. The van der Waals surface area contributed by atoms with Crippen LogP contribution >= 0.6 is 0 Å². The van der Waals surface area contributed by atoms with Crippen LogP contribution in [0.4, 0.5) is 23.0 Å². The number of nitrogens with two attached hydrogens (primary N) is 1. The van der Waals surface area contributed by atoms with E-state index in [4.69, 9.17) is 10.5 Å². The van der Waals surface area contributed by atoms with Gasteiger partial charge in [0, 0.05) is 11.5 Å². The Morgan fingerprint density at radius 3 is 2.48 bits per heavy atom. The average molecular weight is 446 g/mol. The van der Waals surface area contributed by atoms with Gasteiger partial charge in [-0.2, -0.15) is 0 Å². The second-order valence-corrected chi connectivity index (χ2v) is 8.17. The second-order valence-electron chi connectivity index (χ2n) is 8.17. The number of nitrogen functional groups attached to an aromatic ring is 1. The maximum atomic E-state index is 12.6. The summed E-state index contributed by atoms with van der Waals surface area (Å²) in [6.45, 7) is 1.85.